The van der Waals surface area contributed by atoms with Crippen molar-refractivity contribution in [2.75, 3.05) is 16.8 Å². The van der Waals surface area contributed by atoms with Crippen molar-refractivity contribution in [1.29, 1.82) is 0 Å². The highest BCUT2D eigenvalue weighted by Crippen LogP contribution is 2.24. The smallest absolute Gasteiger partial charge is 0.127 e. The molecule has 5 heteroatoms. The third kappa shape index (κ3) is 2.67. The number of nitrogens with two attached hydrogens (primary N) is 1. The molecule has 0 spiro atoms. The van der Waals surface area contributed by atoms with Crippen molar-refractivity contribution < 1.29 is 0 Å². The van der Waals surface area contributed by atoms with Gasteiger partial charge in [-0.1, -0.05) is 30.4 Å². The number of aromatic nitrogens is 1. The van der Waals surface area contributed by atoms with Crippen molar-refractivity contribution in [2.24, 2.45) is 5.73 Å². The quantitative estimate of drug-likeness (QED) is 0.851. The number of hydrogen-bond donors (Lipinski definition) is 2. The molecule has 2 heterocycles. The molecule has 1 atom stereocenters. The van der Waals surface area contributed by atoms with Crippen molar-refractivity contribution in [3.8, 4) is 0 Å². The average molecular weight is 289 g/mol. The van der Waals surface area contributed by atoms with E-state index in [9.17, 15) is 0 Å². The molecule has 1 fully saturated rings. The van der Waals surface area contributed by atoms with E-state index in [4.69, 9.17) is 18.0 Å². The van der Waals surface area contributed by atoms with Gasteiger partial charge in [-0.15, -0.1) is 0 Å². The van der Waals surface area contributed by atoms with Gasteiger partial charge in [0.05, 0.1) is 5.52 Å². The van der Waals surface area contributed by atoms with Crippen LogP contribution in [0.15, 0.2) is 30.3 Å². The van der Waals surface area contributed by atoms with Crippen LogP contribution < -0.4 is 11.1 Å². The number of fused-ring (bicyclic) bond motifs is 1. The zero-order valence-electron chi connectivity index (χ0n) is 10.4. The molecule has 3 nitrogen and oxygen atoms in total. The number of thiocarbonyl (C=S) groups is 1. The van der Waals surface area contributed by atoms with Gasteiger partial charge in [-0.2, -0.15) is 11.8 Å². The first-order valence-corrected chi connectivity index (χ1v) is 7.84. The fraction of sp³-hybridized carbons (Fsp3) is 0.286. The molecule has 0 saturated carbocycles. The lowest BCUT2D eigenvalue weighted by Crippen LogP contribution is -2.20. The summed E-state index contributed by atoms with van der Waals surface area (Å²) >= 11 is 7.12. The van der Waals surface area contributed by atoms with E-state index in [2.05, 4.69) is 10.3 Å². The van der Waals surface area contributed by atoms with E-state index in [0.717, 1.165) is 28.0 Å². The fourth-order valence-electron chi connectivity index (χ4n) is 2.31. The highest BCUT2D eigenvalue weighted by molar-refractivity contribution is 7.99. The first-order chi connectivity index (χ1) is 9.24. The molecular weight excluding hydrogens is 274 g/mol. The Morgan fingerprint density at radius 3 is 3.00 bits per heavy atom. The second-order valence-corrected chi connectivity index (χ2v) is 6.23. The normalized spacial score (nSPS) is 18.6. The van der Waals surface area contributed by atoms with Gasteiger partial charge < -0.3 is 11.1 Å². The number of para-hydroxylation sites is 1. The number of rotatable bonds is 3. The van der Waals surface area contributed by atoms with Gasteiger partial charge >= 0.3 is 0 Å². The molecule has 3 N–H and O–H groups in total. The number of nitrogens with zero attached hydrogens (tertiary/aromatic N) is 1. The van der Waals surface area contributed by atoms with E-state index in [1.807, 2.05) is 42.1 Å². The first-order valence-electron chi connectivity index (χ1n) is 6.28. The van der Waals surface area contributed by atoms with Crippen molar-refractivity contribution in [2.45, 2.75) is 12.5 Å². The summed E-state index contributed by atoms with van der Waals surface area (Å²) in [5.41, 5.74) is 7.66. The zero-order valence-corrected chi connectivity index (χ0v) is 12.1. The van der Waals surface area contributed by atoms with E-state index < -0.39 is 0 Å². The van der Waals surface area contributed by atoms with Crippen LogP contribution >= 0.6 is 24.0 Å². The van der Waals surface area contributed by atoms with Crippen LogP contribution in [-0.4, -0.2) is 27.5 Å². The van der Waals surface area contributed by atoms with Crippen molar-refractivity contribution in [1.82, 2.24) is 4.98 Å². The average Bonchev–Trinajstić information content (AvgIpc) is 2.90. The van der Waals surface area contributed by atoms with Crippen LogP contribution in [0, 0.1) is 0 Å². The van der Waals surface area contributed by atoms with Crippen LogP contribution in [0.5, 0.6) is 0 Å². The second kappa shape index (κ2) is 5.35. The molecule has 0 bridgehead atoms. The van der Waals surface area contributed by atoms with E-state index in [-0.39, 0.29) is 0 Å². The summed E-state index contributed by atoms with van der Waals surface area (Å²) in [6.07, 6.45) is 1.18. The first kappa shape index (κ1) is 12.7. The molecule has 0 radical (unpaired) electrons. The number of anilines is 1. The summed E-state index contributed by atoms with van der Waals surface area (Å²) in [6, 6.07) is 10.4. The molecule has 1 saturated heterocycles. The summed E-state index contributed by atoms with van der Waals surface area (Å²) in [7, 11) is 0. The maximum atomic E-state index is 5.83. The Morgan fingerprint density at radius 2 is 2.26 bits per heavy atom. The van der Waals surface area contributed by atoms with Gasteiger partial charge in [0.25, 0.3) is 0 Å². The number of thioether (sulfide) groups is 1. The SMILES string of the molecule is NC(=S)c1cc(NC2CCSC2)nc2ccccc12. The van der Waals surface area contributed by atoms with Crippen molar-refractivity contribution >= 4 is 45.7 Å². The summed E-state index contributed by atoms with van der Waals surface area (Å²) < 4.78 is 0. The van der Waals surface area contributed by atoms with Gasteiger partial charge in [-0.3, -0.25) is 0 Å². The van der Waals surface area contributed by atoms with E-state index in [1.54, 1.807) is 0 Å². The monoisotopic (exact) mass is 289 g/mol. The minimum Gasteiger partial charge on any atom is -0.389 e. The van der Waals surface area contributed by atoms with Crippen molar-refractivity contribution in [3.05, 3.63) is 35.9 Å². The Morgan fingerprint density at radius 1 is 1.42 bits per heavy atom. The predicted octanol–water partition coefficient (Wildman–Crippen LogP) is 2.79. The number of pyridine rings is 1. The lowest BCUT2D eigenvalue weighted by atomic mass is 10.1. The fourth-order valence-corrected chi connectivity index (χ4v) is 3.63. The van der Waals surface area contributed by atoms with Crippen LogP contribution in [0.3, 0.4) is 0 Å². The van der Waals surface area contributed by atoms with Gasteiger partial charge in [0.1, 0.15) is 10.8 Å². The zero-order chi connectivity index (χ0) is 13.2. The Hall–Kier alpha value is -1.33. The molecule has 3 rings (SSSR count). The second-order valence-electron chi connectivity index (χ2n) is 4.64. The lowest BCUT2D eigenvalue weighted by molar-refractivity contribution is 0.808. The van der Waals surface area contributed by atoms with Crippen LogP contribution in [0.4, 0.5) is 5.82 Å². The minimum absolute atomic E-state index is 0.419. The molecule has 19 heavy (non-hydrogen) atoms. The van der Waals surface area contributed by atoms with Gasteiger partial charge in [-0.25, -0.2) is 4.98 Å². The number of nitrogens with one attached hydrogen (secondary N) is 1. The maximum Gasteiger partial charge on any atom is 0.127 e. The molecule has 1 aliphatic heterocycles. The molecule has 98 valence electrons. The minimum atomic E-state index is 0.419. The van der Waals surface area contributed by atoms with Gasteiger partial charge in [0.15, 0.2) is 0 Å². The van der Waals surface area contributed by atoms with Crippen molar-refractivity contribution in [3.63, 3.8) is 0 Å². The number of benzene rings is 1. The highest BCUT2D eigenvalue weighted by Gasteiger charge is 2.16. The maximum absolute atomic E-state index is 5.83. The van der Waals surface area contributed by atoms with Gasteiger partial charge in [0, 0.05) is 22.7 Å². The standard InChI is InChI=1S/C14H15N3S2/c15-14(18)11-7-13(16-9-5-6-19-8-9)17-12-4-2-1-3-10(11)12/h1-4,7,9H,5-6,8H2,(H2,15,18)(H,16,17). The summed E-state index contributed by atoms with van der Waals surface area (Å²) in [5, 5.41) is 4.50. The summed E-state index contributed by atoms with van der Waals surface area (Å²) in [5.74, 6) is 3.22. The largest absolute Gasteiger partial charge is 0.389 e. The van der Waals surface area contributed by atoms with Gasteiger partial charge in [-0.05, 0) is 24.3 Å². The molecule has 1 aromatic carbocycles. The van der Waals surface area contributed by atoms with Crippen LogP contribution in [0.2, 0.25) is 0 Å². The molecule has 1 aromatic heterocycles. The molecule has 1 unspecified atom stereocenters. The Bertz CT molecular complexity index is 621. The third-order valence-electron chi connectivity index (χ3n) is 3.26. The summed E-state index contributed by atoms with van der Waals surface area (Å²) in [4.78, 5) is 5.07. The molecule has 2 aromatic rings. The van der Waals surface area contributed by atoms with E-state index >= 15 is 0 Å². The third-order valence-corrected chi connectivity index (χ3v) is 4.65. The van der Waals surface area contributed by atoms with Crippen LogP contribution in [0.1, 0.15) is 12.0 Å². The molecule has 1 aliphatic rings. The van der Waals surface area contributed by atoms with Gasteiger partial charge in [0.2, 0.25) is 0 Å². The lowest BCUT2D eigenvalue weighted by Gasteiger charge is -2.14. The van der Waals surface area contributed by atoms with E-state index in [0.29, 0.717) is 11.0 Å². The number of hydrogen-bond acceptors (Lipinski definition) is 4. The summed E-state index contributed by atoms with van der Waals surface area (Å²) in [6.45, 7) is 0. The Kier molecular flexibility index (Phi) is 3.57. The van der Waals surface area contributed by atoms with Crippen LogP contribution in [-0.2, 0) is 0 Å². The molecule has 0 aliphatic carbocycles. The topological polar surface area (TPSA) is 50.9 Å². The highest BCUT2D eigenvalue weighted by atomic mass is 32.2. The Labute approximate surface area is 122 Å². The Balaban J connectivity index is 2.02. The predicted molar refractivity (Wildman–Crippen MR) is 87.0 cm³/mol. The molecular formula is C14H15N3S2. The van der Waals surface area contributed by atoms with Crippen LogP contribution in [0.25, 0.3) is 10.9 Å². The van der Waals surface area contributed by atoms with E-state index in [1.165, 1.54) is 12.2 Å². The molecule has 0 amide bonds.